The van der Waals surface area contributed by atoms with E-state index in [-0.39, 0.29) is 0 Å². The number of fused-ring (bicyclic) bond motifs is 2. The van der Waals surface area contributed by atoms with Crippen molar-refractivity contribution < 1.29 is 0 Å². The summed E-state index contributed by atoms with van der Waals surface area (Å²) < 4.78 is 1.79. The van der Waals surface area contributed by atoms with Gasteiger partial charge in [0.2, 0.25) is 5.95 Å². The largest absolute Gasteiger partial charge is 0.338 e. The van der Waals surface area contributed by atoms with Crippen LogP contribution in [0.5, 0.6) is 0 Å². The molecule has 0 spiro atoms. The highest BCUT2D eigenvalue weighted by molar-refractivity contribution is 5.90. The molecule has 1 aliphatic rings. The second-order valence-electron chi connectivity index (χ2n) is 8.83. The van der Waals surface area contributed by atoms with Crippen molar-refractivity contribution in [1.82, 2.24) is 25.1 Å². The molecular weight excluding hydrogens is 398 g/mol. The van der Waals surface area contributed by atoms with Gasteiger partial charge in [0, 0.05) is 36.7 Å². The van der Waals surface area contributed by atoms with Crippen molar-refractivity contribution >= 4 is 34.2 Å². The van der Waals surface area contributed by atoms with Gasteiger partial charge in [-0.3, -0.25) is 0 Å². The highest BCUT2D eigenvalue weighted by atomic mass is 15.3. The molecular formula is C25H29N7. The van der Waals surface area contributed by atoms with E-state index in [0.717, 1.165) is 34.6 Å². The van der Waals surface area contributed by atoms with E-state index in [1.165, 1.54) is 22.3 Å². The van der Waals surface area contributed by atoms with Crippen LogP contribution in [0.25, 0.3) is 11.0 Å². The predicted octanol–water partition coefficient (Wildman–Crippen LogP) is 5.06. The van der Waals surface area contributed by atoms with Crippen LogP contribution in [0, 0.1) is 13.8 Å². The van der Waals surface area contributed by atoms with Gasteiger partial charge in [0.1, 0.15) is 0 Å². The monoisotopic (exact) mass is 427 g/mol. The number of benzene rings is 2. The number of anilines is 4. The zero-order valence-electron chi connectivity index (χ0n) is 19.2. The summed E-state index contributed by atoms with van der Waals surface area (Å²) in [5, 5.41) is 16.0. The molecule has 2 aromatic carbocycles. The Labute approximate surface area is 188 Å². The minimum atomic E-state index is 0.328. The minimum absolute atomic E-state index is 0.328. The van der Waals surface area contributed by atoms with Gasteiger partial charge in [-0.1, -0.05) is 24.3 Å². The number of para-hydroxylation sites is 1. The summed E-state index contributed by atoms with van der Waals surface area (Å²) in [7, 11) is 1.91. The maximum absolute atomic E-state index is 4.74. The van der Waals surface area contributed by atoms with Crippen LogP contribution >= 0.6 is 0 Å². The first-order chi connectivity index (χ1) is 15.4. The van der Waals surface area contributed by atoms with Crippen LogP contribution in [0.15, 0.2) is 42.6 Å². The molecule has 3 heterocycles. The topological polar surface area (TPSA) is 79.7 Å². The quantitative estimate of drug-likeness (QED) is 0.422. The summed E-state index contributed by atoms with van der Waals surface area (Å²) in [5.41, 5.74) is 7.91. The Bertz CT molecular complexity index is 1290. The first-order valence-electron chi connectivity index (χ1n) is 11.1. The van der Waals surface area contributed by atoms with Crippen LogP contribution in [0.2, 0.25) is 0 Å². The molecule has 0 radical (unpaired) electrons. The predicted molar refractivity (Wildman–Crippen MR) is 130 cm³/mol. The summed E-state index contributed by atoms with van der Waals surface area (Å²) in [6.45, 7) is 8.62. The number of hydrogen-bond donors (Lipinski definition) is 3. The third-order valence-electron chi connectivity index (χ3n) is 6.23. The van der Waals surface area contributed by atoms with Crippen molar-refractivity contribution in [3.05, 3.63) is 64.8 Å². The van der Waals surface area contributed by atoms with Gasteiger partial charge in [0.05, 0.1) is 5.39 Å². The van der Waals surface area contributed by atoms with E-state index in [1.54, 1.807) is 4.68 Å². The fraction of sp³-hybridized carbons (Fsp3) is 0.320. The summed E-state index contributed by atoms with van der Waals surface area (Å²) >= 11 is 0. The van der Waals surface area contributed by atoms with Gasteiger partial charge in [-0.2, -0.15) is 10.1 Å². The molecule has 3 N–H and O–H groups in total. The number of nitrogens with zero attached hydrogens (tertiary/aromatic N) is 4. The molecule has 164 valence electrons. The van der Waals surface area contributed by atoms with Gasteiger partial charge in [0.25, 0.3) is 0 Å². The van der Waals surface area contributed by atoms with Gasteiger partial charge < -0.3 is 16.0 Å². The second-order valence-corrected chi connectivity index (χ2v) is 8.83. The Morgan fingerprint density at radius 3 is 2.62 bits per heavy atom. The molecule has 7 nitrogen and oxygen atoms in total. The van der Waals surface area contributed by atoms with Crippen LogP contribution in [-0.4, -0.2) is 25.8 Å². The van der Waals surface area contributed by atoms with Crippen molar-refractivity contribution in [3.8, 4) is 0 Å². The van der Waals surface area contributed by atoms with E-state index in [1.807, 2.05) is 13.2 Å². The zero-order chi connectivity index (χ0) is 22.4. The molecule has 5 rings (SSSR count). The molecule has 2 atom stereocenters. The molecule has 1 aliphatic heterocycles. The van der Waals surface area contributed by atoms with Gasteiger partial charge in [-0.05, 0) is 68.5 Å². The molecule has 2 unspecified atom stereocenters. The van der Waals surface area contributed by atoms with Crippen LogP contribution in [0.3, 0.4) is 0 Å². The van der Waals surface area contributed by atoms with E-state index >= 15 is 0 Å². The Hall–Kier alpha value is -3.45. The van der Waals surface area contributed by atoms with Crippen molar-refractivity contribution in [1.29, 1.82) is 0 Å². The lowest BCUT2D eigenvalue weighted by Crippen LogP contribution is -2.35. The third-order valence-corrected chi connectivity index (χ3v) is 6.23. The number of hydrogen-bond acceptors (Lipinski definition) is 6. The first-order valence-corrected chi connectivity index (χ1v) is 11.1. The van der Waals surface area contributed by atoms with E-state index in [2.05, 4.69) is 90.1 Å². The first kappa shape index (κ1) is 20.5. The standard InChI is InChI=1S/C25H29N7/c1-14-7-6-8-15(2)22(14)29-23-21-13-26-25(30-24(21)32(5)31-23)28-19-10-9-18-11-16(3)27-17(4)20(18)12-19/h6-10,12-13,16-17,27H,11H2,1-5H3,(H,29,31)(H,26,28,30). The van der Waals surface area contributed by atoms with Gasteiger partial charge in [-0.25, -0.2) is 9.67 Å². The number of aryl methyl sites for hydroxylation is 3. The molecule has 32 heavy (non-hydrogen) atoms. The molecule has 7 heteroatoms. The molecule has 4 aromatic rings. The average molecular weight is 428 g/mol. The van der Waals surface area contributed by atoms with Gasteiger partial charge >= 0.3 is 0 Å². The normalized spacial score (nSPS) is 17.9. The molecule has 0 saturated carbocycles. The highest BCUT2D eigenvalue weighted by Crippen LogP contribution is 2.30. The molecule has 0 aliphatic carbocycles. The van der Waals surface area contributed by atoms with Crippen molar-refractivity contribution in [2.75, 3.05) is 10.6 Å². The fourth-order valence-corrected chi connectivity index (χ4v) is 4.62. The maximum Gasteiger partial charge on any atom is 0.229 e. The zero-order valence-corrected chi connectivity index (χ0v) is 19.2. The minimum Gasteiger partial charge on any atom is -0.338 e. The summed E-state index contributed by atoms with van der Waals surface area (Å²) in [6, 6.07) is 13.6. The molecule has 0 amide bonds. The molecule has 0 saturated heterocycles. The van der Waals surface area contributed by atoms with Crippen molar-refractivity contribution in [2.45, 2.75) is 46.2 Å². The third kappa shape index (κ3) is 3.69. The fourth-order valence-electron chi connectivity index (χ4n) is 4.62. The molecule has 0 fully saturated rings. The summed E-state index contributed by atoms with van der Waals surface area (Å²) in [6.07, 6.45) is 2.88. The lowest BCUT2D eigenvalue weighted by Gasteiger charge is -2.29. The SMILES string of the molecule is Cc1cccc(C)c1Nc1nn(C)c2nc(Nc3ccc4c(c3)C(C)NC(C)C4)ncc12. The van der Waals surface area contributed by atoms with E-state index < -0.39 is 0 Å². The van der Waals surface area contributed by atoms with Crippen LogP contribution in [-0.2, 0) is 13.5 Å². The molecule has 0 bridgehead atoms. The summed E-state index contributed by atoms with van der Waals surface area (Å²) in [5.74, 6) is 1.32. The Morgan fingerprint density at radius 2 is 1.84 bits per heavy atom. The smallest absolute Gasteiger partial charge is 0.229 e. The van der Waals surface area contributed by atoms with E-state index in [9.17, 15) is 0 Å². The average Bonchev–Trinajstić information content (AvgIpc) is 3.06. The summed E-state index contributed by atoms with van der Waals surface area (Å²) in [4.78, 5) is 9.32. The van der Waals surface area contributed by atoms with Gasteiger partial charge in [-0.15, -0.1) is 0 Å². The highest BCUT2D eigenvalue weighted by Gasteiger charge is 2.21. The van der Waals surface area contributed by atoms with Crippen LogP contribution in [0.1, 0.15) is 42.1 Å². The number of nitrogens with one attached hydrogen (secondary N) is 3. The van der Waals surface area contributed by atoms with Crippen molar-refractivity contribution in [3.63, 3.8) is 0 Å². The number of rotatable bonds is 4. The van der Waals surface area contributed by atoms with E-state index in [4.69, 9.17) is 4.98 Å². The molecule has 2 aromatic heterocycles. The second kappa shape index (κ2) is 7.91. The van der Waals surface area contributed by atoms with Crippen LogP contribution in [0.4, 0.5) is 23.1 Å². The van der Waals surface area contributed by atoms with Crippen molar-refractivity contribution in [2.24, 2.45) is 7.05 Å². The maximum atomic E-state index is 4.74. The lowest BCUT2D eigenvalue weighted by atomic mass is 9.91. The van der Waals surface area contributed by atoms with E-state index in [0.29, 0.717) is 18.0 Å². The van der Waals surface area contributed by atoms with Crippen LogP contribution < -0.4 is 16.0 Å². The number of aromatic nitrogens is 4. The lowest BCUT2D eigenvalue weighted by molar-refractivity contribution is 0.446. The van der Waals surface area contributed by atoms with Gasteiger partial charge in [0.15, 0.2) is 11.5 Å². The Balaban J connectivity index is 1.44. The Kier molecular flexibility index (Phi) is 5.06. The Morgan fingerprint density at radius 1 is 1.06 bits per heavy atom.